The molecular weight excluding hydrogens is 389 g/mol. The van der Waals surface area contributed by atoms with Crippen molar-refractivity contribution in [2.24, 2.45) is 0 Å². The van der Waals surface area contributed by atoms with Gasteiger partial charge in [-0.3, -0.25) is 4.79 Å². The summed E-state index contributed by atoms with van der Waals surface area (Å²) < 4.78 is 24.4. The SMILES string of the molecule is Cc1ccc(-c2noc(C(C)OC(=O)c3cccc(N4CCCC4=O)c3)n2)cc1F. The van der Waals surface area contributed by atoms with Gasteiger partial charge in [-0.1, -0.05) is 23.4 Å². The molecule has 0 bridgehead atoms. The molecule has 30 heavy (non-hydrogen) atoms. The second-order valence-electron chi connectivity index (χ2n) is 7.17. The molecule has 8 heteroatoms. The monoisotopic (exact) mass is 409 g/mol. The van der Waals surface area contributed by atoms with Crippen LogP contribution in [0.15, 0.2) is 47.0 Å². The van der Waals surface area contributed by atoms with Gasteiger partial charge in [-0.15, -0.1) is 0 Å². The number of hydrogen-bond acceptors (Lipinski definition) is 6. The van der Waals surface area contributed by atoms with Crippen molar-refractivity contribution in [1.29, 1.82) is 0 Å². The maximum Gasteiger partial charge on any atom is 0.338 e. The van der Waals surface area contributed by atoms with E-state index in [4.69, 9.17) is 9.26 Å². The Kier molecular flexibility index (Phi) is 5.31. The van der Waals surface area contributed by atoms with E-state index < -0.39 is 12.1 Å². The fourth-order valence-corrected chi connectivity index (χ4v) is 3.25. The molecule has 1 atom stereocenters. The third-order valence-corrected chi connectivity index (χ3v) is 4.97. The Labute approximate surface area is 172 Å². The molecule has 4 rings (SSSR count). The van der Waals surface area contributed by atoms with Gasteiger partial charge in [0.25, 0.3) is 5.89 Å². The lowest BCUT2D eigenvalue weighted by Crippen LogP contribution is -2.24. The van der Waals surface area contributed by atoms with Crippen molar-refractivity contribution in [1.82, 2.24) is 10.1 Å². The van der Waals surface area contributed by atoms with Crippen LogP contribution in [-0.4, -0.2) is 28.6 Å². The first kappa shape index (κ1) is 19.8. The maximum absolute atomic E-state index is 13.8. The number of rotatable bonds is 5. The number of anilines is 1. The smallest absolute Gasteiger partial charge is 0.338 e. The average Bonchev–Trinajstić information content (AvgIpc) is 3.39. The van der Waals surface area contributed by atoms with Crippen LogP contribution in [0.2, 0.25) is 0 Å². The van der Waals surface area contributed by atoms with Crippen molar-refractivity contribution < 1.29 is 23.2 Å². The minimum absolute atomic E-state index is 0.0415. The molecule has 0 radical (unpaired) electrons. The molecule has 1 fully saturated rings. The van der Waals surface area contributed by atoms with E-state index in [9.17, 15) is 14.0 Å². The van der Waals surface area contributed by atoms with Crippen molar-refractivity contribution in [2.75, 3.05) is 11.4 Å². The third kappa shape index (κ3) is 3.94. The van der Waals surface area contributed by atoms with Crippen molar-refractivity contribution in [2.45, 2.75) is 32.8 Å². The van der Waals surface area contributed by atoms with Crippen molar-refractivity contribution in [3.05, 3.63) is 65.3 Å². The second kappa shape index (κ2) is 8.06. The van der Waals surface area contributed by atoms with Gasteiger partial charge in [-0.25, -0.2) is 9.18 Å². The number of aryl methyl sites for hydroxylation is 1. The minimum Gasteiger partial charge on any atom is -0.449 e. The second-order valence-corrected chi connectivity index (χ2v) is 7.17. The summed E-state index contributed by atoms with van der Waals surface area (Å²) in [5.74, 6) is -0.585. The quantitative estimate of drug-likeness (QED) is 0.586. The van der Waals surface area contributed by atoms with E-state index >= 15 is 0 Å². The molecule has 1 amide bonds. The number of halogens is 1. The van der Waals surface area contributed by atoms with Crippen LogP contribution in [0.5, 0.6) is 0 Å². The van der Waals surface area contributed by atoms with Crippen molar-refractivity contribution >= 4 is 17.6 Å². The molecule has 1 unspecified atom stereocenters. The summed E-state index contributed by atoms with van der Waals surface area (Å²) >= 11 is 0. The zero-order chi connectivity index (χ0) is 21.3. The Morgan fingerprint density at radius 3 is 2.83 bits per heavy atom. The van der Waals surface area contributed by atoms with Crippen LogP contribution in [0, 0.1) is 12.7 Å². The van der Waals surface area contributed by atoms with Gasteiger partial charge in [0.2, 0.25) is 11.7 Å². The van der Waals surface area contributed by atoms with E-state index in [1.54, 1.807) is 55.1 Å². The molecule has 0 saturated carbocycles. The van der Waals surface area contributed by atoms with E-state index in [0.29, 0.717) is 35.3 Å². The first-order chi connectivity index (χ1) is 14.4. The zero-order valence-corrected chi connectivity index (χ0v) is 16.6. The normalized spacial score (nSPS) is 14.8. The van der Waals surface area contributed by atoms with Crippen LogP contribution in [-0.2, 0) is 9.53 Å². The summed E-state index contributed by atoms with van der Waals surface area (Å²) in [5, 5.41) is 3.84. The highest BCUT2D eigenvalue weighted by Gasteiger charge is 2.24. The van der Waals surface area contributed by atoms with Crippen molar-refractivity contribution in [3.8, 4) is 11.4 Å². The number of amides is 1. The lowest BCUT2D eigenvalue weighted by Gasteiger charge is -2.16. The maximum atomic E-state index is 13.8. The molecule has 1 aliphatic heterocycles. The van der Waals surface area contributed by atoms with Gasteiger partial charge in [0, 0.05) is 24.2 Å². The van der Waals surface area contributed by atoms with E-state index in [0.717, 1.165) is 6.42 Å². The van der Waals surface area contributed by atoms with Crippen LogP contribution >= 0.6 is 0 Å². The summed E-state index contributed by atoms with van der Waals surface area (Å²) in [5.41, 5.74) is 1.97. The predicted octanol–water partition coefficient (Wildman–Crippen LogP) is 4.23. The number of benzene rings is 2. The first-order valence-corrected chi connectivity index (χ1v) is 9.64. The minimum atomic E-state index is -0.800. The lowest BCUT2D eigenvalue weighted by molar-refractivity contribution is -0.117. The Bertz CT molecular complexity index is 1110. The van der Waals surface area contributed by atoms with Gasteiger partial charge in [-0.05, 0) is 50.1 Å². The summed E-state index contributed by atoms with van der Waals surface area (Å²) in [6.45, 7) is 3.91. The van der Waals surface area contributed by atoms with Crippen LogP contribution in [0.3, 0.4) is 0 Å². The summed E-state index contributed by atoms with van der Waals surface area (Å²) in [6, 6.07) is 11.4. The molecule has 154 valence electrons. The van der Waals surface area contributed by atoms with Crippen molar-refractivity contribution in [3.63, 3.8) is 0 Å². The number of nitrogens with zero attached hydrogens (tertiary/aromatic N) is 3. The number of esters is 1. The highest BCUT2D eigenvalue weighted by atomic mass is 19.1. The van der Waals surface area contributed by atoms with E-state index in [-0.39, 0.29) is 23.4 Å². The third-order valence-electron chi connectivity index (χ3n) is 4.97. The number of carbonyl (C=O) groups is 2. The summed E-state index contributed by atoms with van der Waals surface area (Å²) in [4.78, 5) is 30.4. The van der Waals surface area contributed by atoms with E-state index in [1.807, 2.05) is 0 Å². The molecule has 2 aromatic carbocycles. The summed E-state index contributed by atoms with van der Waals surface area (Å²) in [6.07, 6.45) is 0.511. The van der Waals surface area contributed by atoms with Gasteiger partial charge in [0.15, 0.2) is 6.10 Å². The van der Waals surface area contributed by atoms with E-state index in [1.165, 1.54) is 6.07 Å². The zero-order valence-electron chi connectivity index (χ0n) is 16.6. The van der Waals surface area contributed by atoms with Gasteiger partial charge in [0.05, 0.1) is 5.56 Å². The molecule has 0 aliphatic carbocycles. The summed E-state index contributed by atoms with van der Waals surface area (Å²) in [7, 11) is 0. The van der Waals surface area contributed by atoms with Crippen LogP contribution in [0.25, 0.3) is 11.4 Å². The topological polar surface area (TPSA) is 85.5 Å². The van der Waals surface area contributed by atoms with Gasteiger partial charge in [-0.2, -0.15) is 4.98 Å². The number of carbonyl (C=O) groups excluding carboxylic acids is 2. The highest BCUT2D eigenvalue weighted by Crippen LogP contribution is 2.25. The molecule has 1 saturated heterocycles. The molecule has 1 aromatic heterocycles. The number of aromatic nitrogens is 2. The Balaban J connectivity index is 1.47. The van der Waals surface area contributed by atoms with E-state index in [2.05, 4.69) is 10.1 Å². The molecule has 0 N–H and O–H groups in total. The first-order valence-electron chi connectivity index (χ1n) is 9.64. The fraction of sp³-hybridized carbons (Fsp3) is 0.273. The fourth-order valence-electron chi connectivity index (χ4n) is 3.25. The predicted molar refractivity (Wildman–Crippen MR) is 106 cm³/mol. The van der Waals surface area contributed by atoms with Gasteiger partial charge in [0.1, 0.15) is 5.82 Å². The van der Waals surface area contributed by atoms with Gasteiger partial charge >= 0.3 is 5.97 Å². The van der Waals surface area contributed by atoms with Gasteiger partial charge < -0.3 is 14.2 Å². The van der Waals surface area contributed by atoms with Crippen LogP contribution < -0.4 is 4.90 Å². The largest absolute Gasteiger partial charge is 0.449 e. The molecule has 1 aliphatic rings. The lowest BCUT2D eigenvalue weighted by atomic mass is 10.1. The Hall–Kier alpha value is -3.55. The standard InChI is InChI=1S/C22H20FN3O4/c1-13-8-9-15(12-18(13)23)20-24-21(30-25-20)14(2)29-22(28)16-5-3-6-17(11-16)26-10-4-7-19(26)27/h3,5-6,8-9,11-12,14H,4,7,10H2,1-2H3. The molecule has 0 spiro atoms. The average molecular weight is 409 g/mol. The molecule has 7 nitrogen and oxygen atoms in total. The van der Waals surface area contributed by atoms with Crippen LogP contribution in [0.4, 0.5) is 10.1 Å². The number of ether oxygens (including phenoxy) is 1. The molecule has 2 heterocycles. The highest BCUT2D eigenvalue weighted by molar-refractivity contribution is 5.97. The number of hydrogen-bond donors (Lipinski definition) is 0. The van der Waals surface area contributed by atoms with Crippen LogP contribution in [0.1, 0.15) is 47.7 Å². The Morgan fingerprint density at radius 1 is 1.27 bits per heavy atom. The molecule has 3 aromatic rings. The Morgan fingerprint density at radius 2 is 2.10 bits per heavy atom. The molecular formula is C22H20FN3O4.